The van der Waals surface area contributed by atoms with E-state index < -0.39 is 0 Å². The van der Waals surface area contributed by atoms with Crippen LogP contribution >= 0.6 is 0 Å². The van der Waals surface area contributed by atoms with Crippen molar-refractivity contribution < 1.29 is 23.9 Å². The van der Waals surface area contributed by atoms with Gasteiger partial charge < -0.3 is 19.7 Å². The van der Waals surface area contributed by atoms with Crippen LogP contribution in [0.3, 0.4) is 0 Å². The lowest BCUT2D eigenvalue weighted by molar-refractivity contribution is -0.133. The van der Waals surface area contributed by atoms with Crippen LogP contribution in [0.5, 0.6) is 11.5 Å². The number of benzene rings is 3. The Hall–Kier alpha value is -4.33. The summed E-state index contributed by atoms with van der Waals surface area (Å²) < 4.78 is 10.8. The van der Waals surface area contributed by atoms with Crippen molar-refractivity contribution >= 4 is 23.5 Å². The molecule has 0 bridgehead atoms. The molecule has 39 heavy (non-hydrogen) atoms. The smallest absolute Gasteiger partial charge is 0.331 e. The van der Waals surface area contributed by atoms with Crippen molar-refractivity contribution in [3.63, 3.8) is 0 Å². The van der Waals surface area contributed by atoms with Crippen LogP contribution in [0.25, 0.3) is 0 Å². The van der Waals surface area contributed by atoms with Gasteiger partial charge in [0.1, 0.15) is 0 Å². The van der Waals surface area contributed by atoms with Gasteiger partial charge >= 0.3 is 6.03 Å². The number of imide groups is 1. The molecule has 1 saturated carbocycles. The highest BCUT2D eigenvalue weighted by Crippen LogP contribution is 2.40. The number of aryl methyl sites for hydroxylation is 1. The van der Waals surface area contributed by atoms with E-state index in [0.29, 0.717) is 49.5 Å². The maximum Gasteiger partial charge on any atom is 0.331 e. The summed E-state index contributed by atoms with van der Waals surface area (Å²) in [5.41, 5.74) is 3.62. The van der Waals surface area contributed by atoms with Crippen LogP contribution in [-0.2, 0) is 22.7 Å². The van der Waals surface area contributed by atoms with Crippen molar-refractivity contribution in [3.8, 4) is 11.5 Å². The normalized spacial score (nSPS) is 22.0. The van der Waals surface area contributed by atoms with Crippen molar-refractivity contribution in [2.75, 3.05) is 11.7 Å². The maximum absolute atomic E-state index is 13.9. The van der Waals surface area contributed by atoms with Gasteiger partial charge in [0.25, 0.3) is 0 Å². The average Bonchev–Trinajstić information content (AvgIpc) is 3.43. The van der Waals surface area contributed by atoms with E-state index in [9.17, 15) is 14.4 Å². The van der Waals surface area contributed by atoms with E-state index in [2.05, 4.69) is 5.32 Å². The van der Waals surface area contributed by atoms with Gasteiger partial charge in [0, 0.05) is 25.0 Å². The Morgan fingerprint density at radius 1 is 0.923 bits per heavy atom. The van der Waals surface area contributed by atoms with Crippen LogP contribution in [0.2, 0.25) is 0 Å². The van der Waals surface area contributed by atoms with E-state index >= 15 is 0 Å². The molecule has 2 aliphatic heterocycles. The minimum absolute atomic E-state index is 0.0632. The number of nitrogens with zero attached hydrogens (tertiary/aromatic N) is 2. The summed E-state index contributed by atoms with van der Waals surface area (Å²) in [6.45, 7) is 2.97. The van der Waals surface area contributed by atoms with Crippen LogP contribution in [0.1, 0.15) is 36.0 Å². The topological polar surface area (TPSA) is 88.2 Å². The van der Waals surface area contributed by atoms with Gasteiger partial charge in [-0.15, -0.1) is 0 Å². The molecule has 3 unspecified atom stereocenters. The molecule has 1 saturated heterocycles. The minimum atomic E-state index is -0.355. The van der Waals surface area contributed by atoms with Gasteiger partial charge in [-0.1, -0.05) is 54.1 Å². The second-order valence-electron chi connectivity index (χ2n) is 10.5. The quantitative estimate of drug-likeness (QED) is 0.500. The molecular formula is C31H31N3O5. The highest BCUT2D eigenvalue weighted by Gasteiger charge is 2.50. The Morgan fingerprint density at radius 3 is 2.46 bits per heavy atom. The number of fused-ring (bicyclic) bond motifs is 2. The third-order valence-electron chi connectivity index (χ3n) is 7.95. The van der Waals surface area contributed by atoms with E-state index in [1.54, 1.807) is 17.0 Å². The zero-order valence-electron chi connectivity index (χ0n) is 21.8. The van der Waals surface area contributed by atoms with Crippen LogP contribution in [0.15, 0.2) is 72.8 Å². The summed E-state index contributed by atoms with van der Waals surface area (Å²) in [6, 6.07) is 22.1. The summed E-state index contributed by atoms with van der Waals surface area (Å²) in [5, 5.41) is 3.05. The molecule has 3 aromatic carbocycles. The highest BCUT2D eigenvalue weighted by atomic mass is 16.7. The third-order valence-corrected chi connectivity index (χ3v) is 7.95. The fourth-order valence-electron chi connectivity index (χ4n) is 5.82. The molecule has 2 heterocycles. The fraction of sp³-hybridized carbons (Fsp3) is 0.323. The molecule has 3 aliphatic rings. The number of ether oxygens (including phenoxy) is 2. The molecule has 8 heteroatoms. The molecule has 8 nitrogen and oxygen atoms in total. The zero-order chi connectivity index (χ0) is 26.9. The van der Waals surface area contributed by atoms with Crippen molar-refractivity contribution in [2.24, 2.45) is 11.8 Å². The summed E-state index contributed by atoms with van der Waals surface area (Å²) in [4.78, 5) is 43.9. The Kier molecular flexibility index (Phi) is 6.69. The molecular weight excluding hydrogens is 494 g/mol. The Labute approximate surface area is 227 Å². The first-order chi connectivity index (χ1) is 19.0. The lowest BCUT2D eigenvalue weighted by atomic mass is 9.75. The van der Waals surface area contributed by atoms with E-state index in [-0.39, 0.29) is 42.5 Å². The second kappa shape index (κ2) is 10.4. The lowest BCUT2D eigenvalue weighted by Crippen LogP contribution is -2.63. The summed E-state index contributed by atoms with van der Waals surface area (Å²) in [5.74, 6) is 0.489. The van der Waals surface area contributed by atoms with Crippen LogP contribution in [0, 0.1) is 18.8 Å². The number of rotatable bonds is 6. The number of nitrogens with one attached hydrogen (secondary N) is 1. The number of urea groups is 1. The molecule has 1 N–H and O–H groups in total. The van der Waals surface area contributed by atoms with E-state index in [1.807, 2.05) is 67.6 Å². The SMILES string of the molecule is Cc1ccc(CN2C(=O)N(c3ccccc3)C(=O)C3CCC(C(=O)NCc4ccc5c(c4)OCO5)CC32)cc1. The van der Waals surface area contributed by atoms with Crippen LogP contribution < -0.4 is 19.7 Å². The predicted octanol–water partition coefficient (Wildman–Crippen LogP) is 4.79. The number of amides is 4. The molecule has 0 spiro atoms. The number of carbonyl (C=O) groups excluding carboxylic acids is 3. The van der Waals surface area contributed by atoms with E-state index in [0.717, 1.165) is 16.7 Å². The Morgan fingerprint density at radius 2 is 1.67 bits per heavy atom. The second-order valence-corrected chi connectivity index (χ2v) is 10.5. The summed E-state index contributed by atoms with van der Waals surface area (Å²) >= 11 is 0. The van der Waals surface area contributed by atoms with Gasteiger partial charge in [-0.2, -0.15) is 0 Å². The van der Waals surface area contributed by atoms with Gasteiger partial charge in [0.05, 0.1) is 11.6 Å². The molecule has 0 radical (unpaired) electrons. The van der Waals surface area contributed by atoms with Gasteiger partial charge in [-0.25, -0.2) is 9.69 Å². The van der Waals surface area contributed by atoms with Crippen molar-refractivity contribution in [1.29, 1.82) is 0 Å². The van der Waals surface area contributed by atoms with Gasteiger partial charge in [-0.05, 0) is 61.6 Å². The van der Waals surface area contributed by atoms with Gasteiger partial charge in [0.2, 0.25) is 18.6 Å². The molecule has 1 aliphatic carbocycles. The molecule has 4 amide bonds. The molecule has 0 aromatic heterocycles. The molecule has 3 atom stereocenters. The standard InChI is InChI=1S/C31H31N3O5/c1-20-7-9-21(10-8-20)18-33-26-16-23(29(35)32-17-22-11-14-27-28(15-22)39-19-38-27)12-13-25(26)30(36)34(31(33)37)24-5-3-2-4-6-24/h2-11,14-15,23,25-26H,12-13,16-19H2,1H3,(H,32,35). The van der Waals surface area contributed by atoms with Crippen molar-refractivity contribution in [1.82, 2.24) is 10.2 Å². The maximum atomic E-state index is 13.9. The Balaban J connectivity index is 1.21. The number of para-hydroxylation sites is 1. The molecule has 2 fully saturated rings. The molecule has 6 rings (SSSR count). The Bertz CT molecular complexity index is 1390. The summed E-state index contributed by atoms with van der Waals surface area (Å²) in [7, 11) is 0. The largest absolute Gasteiger partial charge is 0.454 e. The highest BCUT2D eigenvalue weighted by molar-refractivity contribution is 6.17. The first kappa shape index (κ1) is 25.0. The molecule has 200 valence electrons. The zero-order valence-corrected chi connectivity index (χ0v) is 21.8. The summed E-state index contributed by atoms with van der Waals surface area (Å²) in [6.07, 6.45) is 1.59. The average molecular weight is 526 g/mol. The minimum Gasteiger partial charge on any atom is -0.454 e. The fourth-order valence-corrected chi connectivity index (χ4v) is 5.82. The van der Waals surface area contributed by atoms with Crippen molar-refractivity contribution in [2.45, 2.75) is 45.3 Å². The number of carbonyl (C=O) groups is 3. The van der Waals surface area contributed by atoms with Crippen LogP contribution in [-0.4, -0.2) is 35.6 Å². The first-order valence-corrected chi connectivity index (χ1v) is 13.4. The van der Waals surface area contributed by atoms with E-state index in [4.69, 9.17) is 9.47 Å². The van der Waals surface area contributed by atoms with Gasteiger partial charge in [0.15, 0.2) is 11.5 Å². The first-order valence-electron chi connectivity index (χ1n) is 13.4. The number of anilines is 1. The third kappa shape index (κ3) is 4.94. The van der Waals surface area contributed by atoms with Crippen molar-refractivity contribution in [3.05, 3.63) is 89.5 Å². The van der Waals surface area contributed by atoms with Gasteiger partial charge in [-0.3, -0.25) is 9.59 Å². The molecule has 3 aromatic rings. The van der Waals surface area contributed by atoms with E-state index in [1.165, 1.54) is 4.90 Å². The number of hydrogen-bond acceptors (Lipinski definition) is 5. The number of hydrogen-bond donors (Lipinski definition) is 1. The lowest BCUT2D eigenvalue weighted by Gasteiger charge is -2.48. The van der Waals surface area contributed by atoms with Crippen LogP contribution in [0.4, 0.5) is 10.5 Å². The monoisotopic (exact) mass is 525 g/mol. The predicted molar refractivity (Wildman–Crippen MR) is 145 cm³/mol.